The summed E-state index contributed by atoms with van der Waals surface area (Å²) in [5.74, 6) is -0.0619. The van der Waals surface area contributed by atoms with Gasteiger partial charge < -0.3 is 19.9 Å². The highest BCUT2D eigenvalue weighted by Crippen LogP contribution is 2.33. The summed E-state index contributed by atoms with van der Waals surface area (Å²) in [6.45, 7) is 2.30. The fourth-order valence-corrected chi connectivity index (χ4v) is 3.98. The largest absolute Gasteiger partial charge is 0.497 e. The molecule has 2 aromatic rings. The van der Waals surface area contributed by atoms with Crippen molar-refractivity contribution in [1.29, 1.82) is 0 Å². The highest BCUT2D eigenvalue weighted by Gasteiger charge is 2.42. The molecule has 1 saturated heterocycles. The lowest BCUT2D eigenvalue weighted by atomic mass is 10.1. The van der Waals surface area contributed by atoms with E-state index in [0.717, 1.165) is 12.0 Å². The number of benzene rings is 2. The van der Waals surface area contributed by atoms with Crippen molar-refractivity contribution in [3.8, 4) is 5.75 Å². The smallest absolute Gasteiger partial charge is 0.256 e. The van der Waals surface area contributed by atoms with Crippen molar-refractivity contribution in [2.24, 2.45) is 0 Å². The van der Waals surface area contributed by atoms with Crippen LogP contribution in [0.5, 0.6) is 5.75 Å². The summed E-state index contributed by atoms with van der Waals surface area (Å²) in [5.41, 5.74) is 2.47. The van der Waals surface area contributed by atoms with E-state index in [9.17, 15) is 14.4 Å². The van der Waals surface area contributed by atoms with Crippen molar-refractivity contribution in [1.82, 2.24) is 4.90 Å². The van der Waals surface area contributed by atoms with Crippen LogP contribution in [0.1, 0.15) is 28.8 Å². The quantitative estimate of drug-likeness (QED) is 0.866. The number of carbonyl (C=O) groups excluding carboxylic acids is 3. The average molecular weight is 393 g/mol. The lowest BCUT2D eigenvalue weighted by Crippen LogP contribution is -2.47. The van der Waals surface area contributed by atoms with Gasteiger partial charge in [-0.05, 0) is 44.0 Å². The standard InChI is InChI=1S/C22H23N3O4/c1-14-8-9-18-17(11-14)21(27)24-10-4-7-19(24)22(28)25(18)13-20(26)23-15-5-3-6-16(12-15)29-2/h3,5-6,8-9,11-12,19H,4,7,10,13H2,1-2H3,(H,23,26)/t19-/m1/s1. The lowest BCUT2D eigenvalue weighted by Gasteiger charge is -2.25. The van der Waals surface area contributed by atoms with Crippen LogP contribution in [0, 0.1) is 6.92 Å². The number of hydrogen-bond acceptors (Lipinski definition) is 4. The molecule has 0 bridgehead atoms. The number of aryl methyl sites for hydroxylation is 1. The number of anilines is 2. The summed E-state index contributed by atoms with van der Waals surface area (Å²) in [6.07, 6.45) is 1.40. The molecule has 4 rings (SSSR count). The highest BCUT2D eigenvalue weighted by atomic mass is 16.5. The fraction of sp³-hybridized carbons (Fsp3) is 0.318. The van der Waals surface area contributed by atoms with Crippen molar-refractivity contribution in [3.63, 3.8) is 0 Å². The lowest BCUT2D eigenvalue weighted by molar-refractivity contribution is -0.124. The van der Waals surface area contributed by atoms with E-state index in [1.807, 2.05) is 13.0 Å². The molecule has 29 heavy (non-hydrogen) atoms. The molecule has 1 N–H and O–H groups in total. The van der Waals surface area contributed by atoms with Gasteiger partial charge in [-0.15, -0.1) is 0 Å². The van der Waals surface area contributed by atoms with Crippen LogP contribution in [-0.2, 0) is 9.59 Å². The zero-order valence-electron chi connectivity index (χ0n) is 16.5. The van der Waals surface area contributed by atoms with Crippen molar-refractivity contribution in [2.45, 2.75) is 25.8 Å². The Morgan fingerprint density at radius 3 is 2.83 bits per heavy atom. The Balaban J connectivity index is 1.64. The molecule has 0 spiro atoms. The van der Waals surface area contributed by atoms with Crippen molar-refractivity contribution in [2.75, 3.05) is 30.4 Å². The van der Waals surface area contributed by atoms with E-state index in [-0.39, 0.29) is 24.3 Å². The number of ether oxygens (including phenoxy) is 1. The summed E-state index contributed by atoms with van der Waals surface area (Å²) in [7, 11) is 1.56. The minimum Gasteiger partial charge on any atom is -0.497 e. The third-order valence-corrected chi connectivity index (χ3v) is 5.39. The Morgan fingerprint density at radius 1 is 1.21 bits per heavy atom. The fourth-order valence-electron chi connectivity index (χ4n) is 3.98. The van der Waals surface area contributed by atoms with Crippen LogP contribution in [0.3, 0.4) is 0 Å². The second-order valence-corrected chi connectivity index (χ2v) is 7.38. The first-order valence-corrected chi connectivity index (χ1v) is 9.65. The van der Waals surface area contributed by atoms with Gasteiger partial charge in [0.2, 0.25) is 11.8 Å². The van der Waals surface area contributed by atoms with Crippen LogP contribution in [0.15, 0.2) is 42.5 Å². The van der Waals surface area contributed by atoms with Crippen LogP contribution >= 0.6 is 0 Å². The highest BCUT2D eigenvalue weighted by molar-refractivity contribution is 6.13. The van der Waals surface area contributed by atoms with E-state index in [1.165, 1.54) is 4.90 Å². The van der Waals surface area contributed by atoms with Gasteiger partial charge in [0.05, 0.1) is 18.4 Å². The maximum absolute atomic E-state index is 13.2. The van der Waals surface area contributed by atoms with Gasteiger partial charge in [0.15, 0.2) is 0 Å². The number of amides is 3. The second kappa shape index (κ2) is 7.58. The summed E-state index contributed by atoms with van der Waals surface area (Å²) < 4.78 is 5.18. The molecular formula is C22H23N3O4. The maximum Gasteiger partial charge on any atom is 0.256 e. The molecule has 2 aliphatic rings. The molecule has 7 heteroatoms. The average Bonchev–Trinajstić information content (AvgIpc) is 3.18. The van der Waals surface area contributed by atoms with Gasteiger partial charge in [-0.1, -0.05) is 17.7 Å². The van der Waals surface area contributed by atoms with Gasteiger partial charge in [0.25, 0.3) is 5.91 Å². The van der Waals surface area contributed by atoms with Crippen molar-refractivity contribution < 1.29 is 19.1 Å². The zero-order valence-corrected chi connectivity index (χ0v) is 16.5. The first-order chi connectivity index (χ1) is 14.0. The molecule has 150 valence electrons. The van der Waals surface area contributed by atoms with Gasteiger partial charge in [-0.25, -0.2) is 0 Å². The molecule has 0 unspecified atom stereocenters. The van der Waals surface area contributed by atoms with Crippen LogP contribution in [0.4, 0.5) is 11.4 Å². The minimum atomic E-state index is -0.514. The number of nitrogens with one attached hydrogen (secondary N) is 1. The number of nitrogens with zero attached hydrogens (tertiary/aromatic N) is 2. The molecule has 1 fully saturated rings. The Bertz CT molecular complexity index is 988. The van der Waals surface area contributed by atoms with E-state index in [0.29, 0.717) is 35.7 Å². The summed E-state index contributed by atoms with van der Waals surface area (Å²) >= 11 is 0. The van der Waals surface area contributed by atoms with Gasteiger partial charge in [0.1, 0.15) is 18.3 Å². The topological polar surface area (TPSA) is 79.0 Å². The van der Waals surface area contributed by atoms with E-state index in [1.54, 1.807) is 48.4 Å². The molecule has 2 aromatic carbocycles. The Labute approximate surface area is 169 Å². The molecule has 2 heterocycles. The summed E-state index contributed by atoms with van der Waals surface area (Å²) in [6, 6.07) is 11.9. The van der Waals surface area contributed by atoms with Gasteiger partial charge in [-0.3, -0.25) is 14.4 Å². The predicted molar refractivity (Wildman–Crippen MR) is 109 cm³/mol. The number of methoxy groups -OCH3 is 1. The Kier molecular flexibility index (Phi) is 4.96. The molecule has 7 nitrogen and oxygen atoms in total. The number of rotatable bonds is 4. The van der Waals surface area contributed by atoms with E-state index in [2.05, 4.69) is 5.32 Å². The summed E-state index contributed by atoms with van der Waals surface area (Å²) in [5, 5.41) is 2.81. The molecule has 1 atom stereocenters. The molecule has 3 amide bonds. The number of carbonyl (C=O) groups is 3. The SMILES string of the molecule is COc1cccc(NC(=O)CN2C(=O)[C@H]3CCCN3C(=O)c3cc(C)ccc32)c1. The molecule has 0 aliphatic carbocycles. The van der Waals surface area contributed by atoms with Crippen LogP contribution in [0.2, 0.25) is 0 Å². The molecule has 2 aliphatic heterocycles. The monoisotopic (exact) mass is 393 g/mol. The van der Waals surface area contributed by atoms with Crippen LogP contribution in [-0.4, -0.2) is 48.9 Å². The van der Waals surface area contributed by atoms with E-state index in [4.69, 9.17) is 4.74 Å². The van der Waals surface area contributed by atoms with Crippen LogP contribution in [0.25, 0.3) is 0 Å². The molecular weight excluding hydrogens is 370 g/mol. The molecule has 0 radical (unpaired) electrons. The third-order valence-electron chi connectivity index (χ3n) is 5.39. The number of hydrogen-bond donors (Lipinski definition) is 1. The van der Waals surface area contributed by atoms with Gasteiger partial charge >= 0.3 is 0 Å². The van der Waals surface area contributed by atoms with Gasteiger partial charge in [0, 0.05) is 18.3 Å². The van der Waals surface area contributed by atoms with E-state index < -0.39 is 6.04 Å². The van der Waals surface area contributed by atoms with Gasteiger partial charge in [-0.2, -0.15) is 0 Å². The molecule has 0 saturated carbocycles. The van der Waals surface area contributed by atoms with Crippen molar-refractivity contribution >= 4 is 29.1 Å². The predicted octanol–water partition coefficient (Wildman–Crippen LogP) is 2.59. The third kappa shape index (κ3) is 3.55. The Morgan fingerprint density at radius 2 is 2.03 bits per heavy atom. The number of fused-ring (bicyclic) bond motifs is 2. The van der Waals surface area contributed by atoms with Crippen molar-refractivity contribution in [3.05, 3.63) is 53.6 Å². The zero-order chi connectivity index (χ0) is 20.5. The summed E-state index contributed by atoms with van der Waals surface area (Å²) in [4.78, 5) is 42.1. The van der Waals surface area contributed by atoms with E-state index >= 15 is 0 Å². The first-order valence-electron chi connectivity index (χ1n) is 9.65. The first kappa shape index (κ1) is 19.0. The second-order valence-electron chi connectivity index (χ2n) is 7.38. The maximum atomic E-state index is 13.2. The van der Waals surface area contributed by atoms with Crippen LogP contribution < -0.4 is 15.0 Å². The normalized spacial score (nSPS) is 18.2. The molecule has 0 aromatic heterocycles. The minimum absolute atomic E-state index is 0.143. The Hall–Kier alpha value is -3.35.